The maximum atomic E-state index is 12.7. The van der Waals surface area contributed by atoms with Crippen LogP contribution in [0.15, 0.2) is 67.3 Å². The molecule has 5 rings (SSSR count). The van der Waals surface area contributed by atoms with Gasteiger partial charge >= 0.3 is 0 Å². The molecular formula is C28H33N7O2. The van der Waals surface area contributed by atoms with Crippen molar-refractivity contribution >= 4 is 22.8 Å². The van der Waals surface area contributed by atoms with Gasteiger partial charge in [0.2, 0.25) is 0 Å². The van der Waals surface area contributed by atoms with Crippen molar-refractivity contribution in [3.05, 3.63) is 78.4 Å². The highest BCUT2D eigenvalue weighted by Gasteiger charge is 2.13. The molecule has 1 saturated heterocycles. The number of benzene rings is 2. The fraction of sp³-hybridized carbons (Fsp3) is 0.357. The van der Waals surface area contributed by atoms with Crippen molar-refractivity contribution < 1.29 is 9.53 Å². The van der Waals surface area contributed by atoms with Gasteiger partial charge in [-0.15, -0.1) is 0 Å². The van der Waals surface area contributed by atoms with E-state index in [1.165, 1.54) is 5.56 Å². The van der Waals surface area contributed by atoms with Crippen molar-refractivity contribution in [2.45, 2.75) is 25.8 Å². The highest BCUT2D eigenvalue weighted by molar-refractivity contribution is 5.97. The van der Waals surface area contributed by atoms with E-state index in [2.05, 4.69) is 44.6 Å². The van der Waals surface area contributed by atoms with Crippen molar-refractivity contribution in [1.82, 2.24) is 29.7 Å². The molecule has 2 N–H and O–H groups in total. The van der Waals surface area contributed by atoms with Gasteiger partial charge in [0, 0.05) is 31.2 Å². The molecule has 1 amide bonds. The summed E-state index contributed by atoms with van der Waals surface area (Å²) < 4.78 is 7.27. The van der Waals surface area contributed by atoms with E-state index in [-0.39, 0.29) is 11.9 Å². The van der Waals surface area contributed by atoms with Crippen LogP contribution in [0.5, 0.6) is 0 Å². The molecule has 2 aromatic carbocycles. The molecule has 2 aromatic heterocycles. The summed E-state index contributed by atoms with van der Waals surface area (Å²) in [5.41, 5.74) is 3.37. The fourth-order valence-electron chi connectivity index (χ4n) is 4.51. The van der Waals surface area contributed by atoms with Crippen LogP contribution in [0.4, 0.5) is 5.82 Å². The molecule has 3 heterocycles. The summed E-state index contributed by atoms with van der Waals surface area (Å²) in [6.07, 6.45) is 7.14. The lowest BCUT2D eigenvalue weighted by molar-refractivity contribution is 0.0372. The average molecular weight is 500 g/mol. The van der Waals surface area contributed by atoms with E-state index in [1.54, 1.807) is 18.7 Å². The third-order valence-electron chi connectivity index (χ3n) is 6.63. The Kier molecular flexibility index (Phi) is 8.02. The minimum absolute atomic E-state index is 0.0799. The summed E-state index contributed by atoms with van der Waals surface area (Å²) >= 11 is 0. The van der Waals surface area contributed by atoms with Crippen LogP contribution in [-0.2, 0) is 4.74 Å². The quantitative estimate of drug-likeness (QED) is 0.320. The summed E-state index contributed by atoms with van der Waals surface area (Å²) in [5.74, 6) is 1.26. The predicted molar refractivity (Wildman–Crippen MR) is 144 cm³/mol. The molecule has 1 aliphatic heterocycles. The van der Waals surface area contributed by atoms with Crippen LogP contribution in [0, 0.1) is 0 Å². The van der Waals surface area contributed by atoms with Crippen LogP contribution in [0.1, 0.15) is 41.7 Å². The number of carbonyl (C=O) groups is 1. The Hall–Kier alpha value is -3.82. The van der Waals surface area contributed by atoms with Gasteiger partial charge in [0.15, 0.2) is 5.82 Å². The van der Waals surface area contributed by atoms with Crippen molar-refractivity contribution in [3.63, 3.8) is 0 Å². The lowest BCUT2D eigenvalue weighted by Crippen LogP contribution is -2.37. The van der Waals surface area contributed by atoms with E-state index in [0.717, 1.165) is 56.7 Å². The highest BCUT2D eigenvalue weighted by Crippen LogP contribution is 2.21. The Morgan fingerprint density at radius 3 is 2.76 bits per heavy atom. The number of carbonyl (C=O) groups excluding carboxylic acids is 1. The molecule has 0 aliphatic carbocycles. The third-order valence-corrected chi connectivity index (χ3v) is 6.63. The molecule has 0 radical (unpaired) electrons. The van der Waals surface area contributed by atoms with Crippen molar-refractivity contribution in [2.24, 2.45) is 0 Å². The zero-order chi connectivity index (χ0) is 25.5. The molecule has 0 spiro atoms. The molecular weight excluding hydrogens is 466 g/mol. The van der Waals surface area contributed by atoms with Gasteiger partial charge in [0.05, 0.1) is 36.6 Å². The van der Waals surface area contributed by atoms with E-state index in [9.17, 15) is 4.79 Å². The number of morpholine rings is 1. The zero-order valence-electron chi connectivity index (χ0n) is 21.1. The summed E-state index contributed by atoms with van der Waals surface area (Å²) in [6.45, 7) is 7.43. The molecule has 1 fully saturated rings. The van der Waals surface area contributed by atoms with Crippen molar-refractivity contribution in [3.8, 4) is 5.82 Å². The molecule has 1 aliphatic rings. The molecule has 37 heavy (non-hydrogen) atoms. The number of amides is 1. The van der Waals surface area contributed by atoms with E-state index in [0.29, 0.717) is 23.7 Å². The zero-order valence-corrected chi connectivity index (χ0v) is 21.1. The van der Waals surface area contributed by atoms with Gasteiger partial charge in [-0.1, -0.05) is 30.3 Å². The van der Waals surface area contributed by atoms with Crippen LogP contribution >= 0.6 is 0 Å². The number of hydrogen-bond acceptors (Lipinski definition) is 7. The number of hydrogen-bond donors (Lipinski definition) is 2. The fourth-order valence-corrected chi connectivity index (χ4v) is 4.51. The van der Waals surface area contributed by atoms with E-state index in [4.69, 9.17) is 9.72 Å². The van der Waals surface area contributed by atoms with Crippen LogP contribution in [0.3, 0.4) is 0 Å². The number of unbranched alkanes of at least 4 members (excludes halogenated alkanes) is 1. The maximum Gasteiger partial charge on any atom is 0.251 e. The number of ether oxygens (including phenoxy) is 1. The topological polar surface area (TPSA) is 97.2 Å². The Balaban J connectivity index is 1.19. The first kappa shape index (κ1) is 24.9. The van der Waals surface area contributed by atoms with Crippen molar-refractivity contribution in [1.29, 1.82) is 0 Å². The standard InChI is InChI=1S/C28H33N7O2/c1-21(22-7-3-2-4-8-22)32-26-18-29-19-27(33-26)35-20-31-24-17-23(9-10-25(24)35)28(36)30-11-5-6-12-34-13-15-37-16-14-34/h2-4,7-10,17-21H,5-6,11-16H2,1H3,(H,30,36)(H,32,33). The van der Waals surface area contributed by atoms with Crippen LogP contribution in [0.2, 0.25) is 0 Å². The minimum atomic E-state index is -0.0799. The van der Waals surface area contributed by atoms with Gasteiger partial charge in [-0.3, -0.25) is 19.2 Å². The first-order valence-corrected chi connectivity index (χ1v) is 12.9. The Labute approximate surface area is 216 Å². The second-order valence-electron chi connectivity index (χ2n) is 9.27. The van der Waals surface area contributed by atoms with Crippen LogP contribution < -0.4 is 10.6 Å². The van der Waals surface area contributed by atoms with Gasteiger partial charge in [-0.05, 0) is 50.1 Å². The number of rotatable bonds is 10. The summed E-state index contributed by atoms with van der Waals surface area (Å²) in [4.78, 5) is 28.7. The molecule has 192 valence electrons. The Morgan fingerprint density at radius 1 is 1.08 bits per heavy atom. The molecule has 1 unspecified atom stereocenters. The second-order valence-corrected chi connectivity index (χ2v) is 9.27. The van der Waals surface area contributed by atoms with E-state index in [1.807, 2.05) is 41.0 Å². The lowest BCUT2D eigenvalue weighted by atomic mass is 10.1. The smallest absolute Gasteiger partial charge is 0.251 e. The van der Waals surface area contributed by atoms with E-state index >= 15 is 0 Å². The third kappa shape index (κ3) is 6.31. The normalized spacial score (nSPS) is 14.9. The molecule has 9 heteroatoms. The summed E-state index contributed by atoms with van der Waals surface area (Å²) in [6, 6.07) is 15.9. The highest BCUT2D eigenvalue weighted by atomic mass is 16.5. The maximum absolute atomic E-state index is 12.7. The van der Waals surface area contributed by atoms with Gasteiger partial charge in [0.1, 0.15) is 12.1 Å². The molecule has 1 atom stereocenters. The van der Waals surface area contributed by atoms with Crippen molar-refractivity contribution in [2.75, 3.05) is 44.7 Å². The number of anilines is 1. The Morgan fingerprint density at radius 2 is 1.92 bits per heavy atom. The second kappa shape index (κ2) is 11.9. The van der Waals surface area contributed by atoms with Crippen LogP contribution in [0.25, 0.3) is 16.9 Å². The predicted octanol–water partition coefficient (Wildman–Crippen LogP) is 3.83. The number of nitrogens with one attached hydrogen (secondary N) is 2. The lowest BCUT2D eigenvalue weighted by Gasteiger charge is -2.26. The number of imidazole rings is 1. The largest absolute Gasteiger partial charge is 0.379 e. The first-order valence-electron chi connectivity index (χ1n) is 12.9. The number of nitrogens with zero attached hydrogens (tertiary/aromatic N) is 5. The first-order chi connectivity index (χ1) is 18.2. The monoisotopic (exact) mass is 499 g/mol. The molecule has 4 aromatic rings. The van der Waals surface area contributed by atoms with Gasteiger partial charge < -0.3 is 15.4 Å². The van der Waals surface area contributed by atoms with Crippen LogP contribution in [-0.4, -0.2) is 69.7 Å². The summed E-state index contributed by atoms with van der Waals surface area (Å²) in [5, 5.41) is 6.44. The average Bonchev–Trinajstić information content (AvgIpc) is 3.37. The SMILES string of the molecule is CC(Nc1cncc(-n2cnc3cc(C(=O)NCCCCN4CCOCC4)ccc32)n1)c1ccccc1. The van der Waals surface area contributed by atoms with Gasteiger partial charge in [-0.25, -0.2) is 9.97 Å². The molecule has 9 nitrogen and oxygen atoms in total. The minimum Gasteiger partial charge on any atom is -0.379 e. The molecule has 0 bridgehead atoms. The molecule has 0 saturated carbocycles. The van der Waals surface area contributed by atoms with E-state index < -0.39 is 0 Å². The number of aromatic nitrogens is 4. The number of fused-ring (bicyclic) bond motifs is 1. The van der Waals surface area contributed by atoms with Gasteiger partial charge in [0.25, 0.3) is 5.91 Å². The summed E-state index contributed by atoms with van der Waals surface area (Å²) in [7, 11) is 0. The van der Waals surface area contributed by atoms with Gasteiger partial charge in [-0.2, -0.15) is 0 Å². The Bertz CT molecular complexity index is 1320.